The Balaban J connectivity index is 2.16. The molecule has 0 radical (unpaired) electrons. The van der Waals surface area contributed by atoms with Gasteiger partial charge in [0.05, 0.1) is 11.5 Å². The Morgan fingerprint density at radius 1 is 1.50 bits per heavy atom. The van der Waals surface area contributed by atoms with Gasteiger partial charge >= 0.3 is 0 Å². The molecule has 1 aromatic heterocycles. The van der Waals surface area contributed by atoms with Crippen molar-refractivity contribution in [1.82, 2.24) is 10.5 Å². The molecule has 0 saturated carbocycles. The lowest BCUT2D eigenvalue weighted by Crippen LogP contribution is -2.23. The van der Waals surface area contributed by atoms with E-state index in [9.17, 15) is 14.9 Å². The Labute approximate surface area is 118 Å². The van der Waals surface area contributed by atoms with Crippen LogP contribution in [0.2, 0.25) is 5.02 Å². The maximum Gasteiger partial charge on any atom is 0.282 e. The summed E-state index contributed by atoms with van der Waals surface area (Å²) in [6.07, 6.45) is 0. The van der Waals surface area contributed by atoms with Crippen molar-refractivity contribution in [3.63, 3.8) is 0 Å². The van der Waals surface area contributed by atoms with Gasteiger partial charge in [0, 0.05) is 17.2 Å². The Morgan fingerprint density at radius 2 is 2.25 bits per heavy atom. The van der Waals surface area contributed by atoms with Crippen LogP contribution >= 0.6 is 11.6 Å². The van der Waals surface area contributed by atoms with Crippen LogP contribution in [-0.4, -0.2) is 16.0 Å². The van der Waals surface area contributed by atoms with Gasteiger partial charge in [-0.2, -0.15) is 0 Å². The minimum Gasteiger partial charge on any atom is -0.361 e. The minimum absolute atomic E-state index is 0.0947. The van der Waals surface area contributed by atoms with Crippen LogP contribution in [0.25, 0.3) is 0 Å². The second kappa shape index (κ2) is 5.70. The van der Waals surface area contributed by atoms with E-state index in [1.807, 2.05) is 0 Å². The molecular weight excluding hydrogens is 286 g/mol. The third-order valence-electron chi connectivity index (χ3n) is 2.51. The van der Waals surface area contributed by atoms with Crippen molar-refractivity contribution >= 4 is 23.2 Å². The van der Waals surface area contributed by atoms with Crippen LogP contribution in [0.5, 0.6) is 0 Å². The van der Waals surface area contributed by atoms with E-state index in [2.05, 4.69) is 10.5 Å². The fraction of sp³-hybridized carbons (Fsp3) is 0.167. The third kappa shape index (κ3) is 3.12. The minimum atomic E-state index is -0.633. The lowest BCUT2D eigenvalue weighted by Gasteiger charge is -2.04. The lowest BCUT2D eigenvalue weighted by atomic mass is 10.1. The van der Waals surface area contributed by atoms with Gasteiger partial charge in [0.25, 0.3) is 11.6 Å². The van der Waals surface area contributed by atoms with Gasteiger partial charge in [0.2, 0.25) is 0 Å². The highest BCUT2D eigenvalue weighted by molar-refractivity contribution is 6.31. The van der Waals surface area contributed by atoms with Crippen LogP contribution in [0.3, 0.4) is 0 Å². The highest BCUT2D eigenvalue weighted by Crippen LogP contribution is 2.22. The second-order valence-corrected chi connectivity index (χ2v) is 4.47. The first-order valence-corrected chi connectivity index (χ1v) is 5.99. The molecule has 0 saturated heterocycles. The molecule has 0 fully saturated rings. The van der Waals surface area contributed by atoms with E-state index in [4.69, 9.17) is 16.1 Å². The van der Waals surface area contributed by atoms with E-state index in [0.29, 0.717) is 11.5 Å². The van der Waals surface area contributed by atoms with E-state index in [-0.39, 0.29) is 22.8 Å². The van der Waals surface area contributed by atoms with Gasteiger partial charge in [0.15, 0.2) is 0 Å². The molecule has 0 aliphatic rings. The Bertz CT molecular complexity index is 668. The maximum atomic E-state index is 12.0. The monoisotopic (exact) mass is 295 g/mol. The highest BCUT2D eigenvalue weighted by Gasteiger charge is 2.20. The molecule has 0 atom stereocenters. The molecule has 1 amide bonds. The number of nitro groups is 1. The van der Waals surface area contributed by atoms with Crippen LogP contribution in [0.1, 0.15) is 21.8 Å². The zero-order valence-corrected chi connectivity index (χ0v) is 11.2. The summed E-state index contributed by atoms with van der Waals surface area (Å²) in [5.41, 5.74) is 0.131. The summed E-state index contributed by atoms with van der Waals surface area (Å²) in [7, 11) is 0. The number of carbonyl (C=O) groups is 1. The van der Waals surface area contributed by atoms with Gasteiger partial charge in [0.1, 0.15) is 17.0 Å². The molecule has 104 valence electrons. The summed E-state index contributed by atoms with van der Waals surface area (Å²) in [5, 5.41) is 17.4. The number of aromatic nitrogens is 1. The van der Waals surface area contributed by atoms with Crippen LogP contribution < -0.4 is 5.32 Å². The van der Waals surface area contributed by atoms with Crippen molar-refractivity contribution in [2.75, 3.05) is 0 Å². The first kappa shape index (κ1) is 14.0. The summed E-state index contributed by atoms with van der Waals surface area (Å²) < 4.78 is 4.85. The number of hydrogen-bond donors (Lipinski definition) is 1. The molecule has 0 aliphatic heterocycles. The largest absolute Gasteiger partial charge is 0.361 e. The van der Waals surface area contributed by atoms with E-state index in [1.165, 1.54) is 18.2 Å². The number of amides is 1. The fourth-order valence-electron chi connectivity index (χ4n) is 1.62. The molecule has 7 nitrogen and oxygen atoms in total. The molecule has 0 unspecified atom stereocenters. The van der Waals surface area contributed by atoms with Crippen molar-refractivity contribution < 1.29 is 14.2 Å². The molecule has 8 heteroatoms. The van der Waals surface area contributed by atoms with E-state index < -0.39 is 10.8 Å². The number of nitrogens with zero attached hydrogens (tertiary/aromatic N) is 2. The zero-order valence-electron chi connectivity index (χ0n) is 10.4. The number of nitro benzene ring substituents is 1. The molecule has 1 N–H and O–H groups in total. The van der Waals surface area contributed by atoms with Crippen molar-refractivity contribution in [2.45, 2.75) is 13.5 Å². The predicted octanol–water partition coefficient (Wildman–Crippen LogP) is 2.47. The molecule has 1 aromatic carbocycles. The normalized spacial score (nSPS) is 10.3. The highest BCUT2D eigenvalue weighted by atomic mass is 35.5. The van der Waals surface area contributed by atoms with Crippen LogP contribution in [0.4, 0.5) is 5.69 Å². The van der Waals surface area contributed by atoms with E-state index in [1.54, 1.807) is 13.0 Å². The van der Waals surface area contributed by atoms with Crippen molar-refractivity contribution in [1.29, 1.82) is 0 Å². The number of hydrogen-bond acceptors (Lipinski definition) is 5. The first-order valence-electron chi connectivity index (χ1n) is 5.61. The van der Waals surface area contributed by atoms with Gasteiger partial charge in [-0.05, 0) is 19.1 Å². The van der Waals surface area contributed by atoms with Crippen molar-refractivity contribution in [3.8, 4) is 0 Å². The smallest absolute Gasteiger partial charge is 0.282 e. The summed E-state index contributed by atoms with van der Waals surface area (Å²) in [6.45, 7) is 1.83. The topological polar surface area (TPSA) is 98.3 Å². The van der Waals surface area contributed by atoms with Gasteiger partial charge < -0.3 is 9.84 Å². The second-order valence-electron chi connectivity index (χ2n) is 4.03. The summed E-state index contributed by atoms with van der Waals surface area (Å²) in [5.74, 6) is 0.0165. The molecular formula is C12H10ClN3O4. The Morgan fingerprint density at radius 3 is 2.85 bits per heavy atom. The lowest BCUT2D eigenvalue weighted by molar-refractivity contribution is -0.385. The van der Waals surface area contributed by atoms with Crippen molar-refractivity contribution in [3.05, 3.63) is 56.4 Å². The van der Waals surface area contributed by atoms with Gasteiger partial charge in [-0.15, -0.1) is 0 Å². The summed E-state index contributed by atoms with van der Waals surface area (Å²) >= 11 is 5.76. The number of carbonyl (C=O) groups excluding carboxylic acids is 1. The number of aryl methyl sites for hydroxylation is 1. The molecule has 1 heterocycles. The average Bonchev–Trinajstić information content (AvgIpc) is 2.81. The molecule has 20 heavy (non-hydrogen) atoms. The van der Waals surface area contributed by atoms with Gasteiger partial charge in [-0.25, -0.2) is 0 Å². The van der Waals surface area contributed by atoms with Crippen LogP contribution in [0, 0.1) is 17.0 Å². The molecule has 2 rings (SSSR count). The summed E-state index contributed by atoms with van der Waals surface area (Å²) in [6, 6.07) is 5.46. The third-order valence-corrected chi connectivity index (χ3v) is 2.74. The SMILES string of the molecule is Cc1cc(CNC(=O)c2cc(Cl)ccc2[N+](=O)[O-])no1. The van der Waals surface area contributed by atoms with Gasteiger partial charge in [-0.3, -0.25) is 14.9 Å². The quantitative estimate of drug-likeness (QED) is 0.690. The molecule has 0 bridgehead atoms. The zero-order chi connectivity index (χ0) is 14.7. The summed E-state index contributed by atoms with van der Waals surface area (Å²) in [4.78, 5) is 22.2. The predicted molar refractivity (Wildman–Crippen MR) is 70.5 cm³/mol. The van der Waals surface area contributed by atoms with E-state index in [0.717, 1.165) is 0 Å². The Hall–Kier alpha value is -2.41. The molecule has 0 aliphatic carbocycles. The number of benzene rings is 1. The van der Waals surface area contributed by atoms with Gasteiger partial charge in [-0.1, -0.05) is 16.8 Å². The van der Waals surface area contributed by atoms with Crippen LogP contribution in [0.15, 0.2) is 28.8 Å². The molecule has 2 aromatic rings. The average molecular weight is 296 g/mol. The maximum absolute atomic E-state index is 12.0. The Kier molecular flexibility index (Phi) is 3.99. The first-order chi connectivity index (χ1) is 9.47. The van der Waals surface area contributed by atoms with Crippen molar-refractivity contribution in [2.24, 2.45) is 0 Å². The standard InChI is InChI=1S/C12H10ClN3O4/c1-7-4-9(15-20-7)6-14-12(17)10-5-8(13)2-3-11(10)16(18)19/h2-5H,6H2,1H3,(H,14,17). The molecule has 0 spiro atoms. The number of nitrogens with one attached hydrogen (secondary N) is 1. The van der Waals surface area contributed by atoms with E-state index >= 15 is 0 Å². The fourth-order valence-corrected chi connectivity index (χ4v) is 1.79. The van der Waals surface area contributed by atoms with Crippen LogP contribution in [-0.2, 0) is 6.54 Å². The number of halogens is 1. The number of rotatable bonds is 4.